The van der Waals surface area contributed by atoms with Crippen molar-refractivity contribution in [1.82, 2.24) is 10.3 Å². The summed E-state index contributed by atoms with van der Waals surface area (Å²) in [5.74, 6) is -0.465. The Morgan fingerprint density at radius 3 is 2.54 bits per heavy atom. The number of nitrogens with one attached hydrogen (secondary N) is 2. The summed E-state index contributed by atoms with van der Waals surface area (Å²) in [6, 6.07) is 15.8. The molecule has 0 aliphatic rings. The fraction of sp³-hybridized carbons (Fsp3) is 0.227. The average Bonchev–Trinajstić information content (AvgIpc) is 3.16. The Hall–Kier alpha value is -2.99. The van der Waals surface area contributed by atoms with Gasteiger partial charge < -0.3 is 10.6 Å². The number of para-hydroxylation sites is 1. The topological polar surface area (TPSA) is 71.1 Å². The van der Waals surface area contributed by atoms with E-state index in [0.29, 0.717) is 5.69 Å². The van der Waals surface area contributed by atoms with Gasteiger partial charge in [0.1, 0.15) is 5.01 Å². The molecule has 0 aliphatic heterocycles. The molecule has 0 fully saturated rings. The summed E-state index contributed by atoms with van der Waals surface area (Å²) < 4.78 is 0. The molecule has 3 rings (SSSR count). The molecule has 0 spiro atoms. The molecule has 0 unspecified atom stereocenters. The third kappa shape index (κ3) is 5.27. The molecule has 0 radical (unpaired) electrons. The number of carbonyl (C=O) groups is 2. The van der Waals surface area contributed by atoms with Crippen LogP contribution in [-0.4, -0.2) is 23.3 Å². The van der Waals surface area contributed by atoms with Gasteiger partial charge in [-0.05, 0) is 25.0 Å². The summed E-state index contributed by atoms with van der Waals surface area (Å²) in [5.41, 5.74) is 4.78. The number of aryl methyl sites for hydroxylation is 2. The highest BCUT2D eigenvalue weighted by molar-refractivity contribution is 7.13. The number of aromatic nitrogens is 1. The van der Waals surface area contributed by atoms with Crippen LogP contribution < -0.4 is 10.6 Å². The van der Waals surface area contributed by atoms with E-state index in [0.717, 1.165) is 28.2 Å². The zero-order chi connectivity index (χ0) is 19.9. The van der Waals surface area contributed by atoms with Crippen molar-refractivity contribution >= 4 is 28.8 Å². The first-order chi connectivity index (χ1) is 13.5. The molecular formula is C22H23N3O2S. The molecule has 2 N–H and O–H groups in total. The van der Waals surface area contributed by atoms with Crippen LogP contribution in [0.5, 0.6) is 0 Å². The fourth-order valence-corrected chi connectivity index (χ4v) is 3.59. The second kappa shape index (κ2) is 9.28. The highest BCUT2D eigenvalue weighted by atomic mass is 32.1. The third-order valence-electron chi connectivity index (χ3n) is 4.31. The number of nitrogens with zero attached hydrogens (tertiary/aromatic N) is 1. The predicted molar refractivity (Wildman–Crippen MR) is 113 cm³/mol. The zero-order valence-electron chi connectivity index (χ0n) is 16.0. The maximum absolute atomic E-state index is 12.2. The fourth-order valence-electron chi connectivity index (χ4n) is 2.77. The highest BCUT2D eigenvalue weighted by Gasteiger charge is 2.11. The van der Waals surface area contributed by atoms with Gasteiger partial charge in [0.15, 0.2) is 0 Å². The van der Waals surface area contributed by atoms with Crippen molar-refractivity contribution in [3.05, 3.63) is 70.7 Å². The largest absolute Gasteiger partial charge is 0.347 e. The van der Waals surface area contributed by atoms with E-state index in [4.69, 9.17) is 0 Å². The molecule has 1 heterocycles. The first-order valence-electron chi connectivity index (χ1n) is 9.21. The number of amides is 2. The van der Waals surface area contributed by atoms with Crippen molar-refractivity contribution in [2.24, 2.45) is 0 Å². The lowest BCUT2D eigenvalue weighted by Crippen LogP contribution is -2.34. The van der Waals surface area contributed by atoms with Crippen molar-refractivity contribution < 1.29 is 9.59 Å². The number of carbonyl (C=O) groups excluding carboxylic acids is 2. The van der Waals surface area contributed by atoms with Gasteiger partial charge >= 0.3 is 0 Å². The molecule has 0 atom stereocenters. The maximum Gasteiger partial charge on any atom is 0.243 e. The minimum atomic E-state index is -0.243. The predicted octanol–water partition coefficient (Wildman–Crippen LogP) is 3.98. The lowest BCUT2D eigenvalue weighted by atomic mass is 10.1. The molecule has 0 aliphatic carbocycles. The van der Waals surface area contributed by atoms with Crippen LogP contribution in [0.2, 0.25) is 0 Å². The number of thiazole rings is 1. The van der Waals surface area contributed by atoms with Crippen molar-refractivity contribution in [3.8, 4) is 10.6 Å². The smallest absolute Gasteiger partial charge is 0.243 e. The Morgan fingerprint density at radius 1 is 1.04 bits per heavy atom. The molecule has 144 valence electrons. The van der Waals surface area contributed by atoms with Crippen molar-refractivity contribution in [2.75, 3.05) is 11.9 Å². The van der Waals surface area contributed by atoms with Crippen LogP contribution in [0.3, 0.4) is 0 Å². The standard InChI is InChI=1S/C22H23N3O2S/c1-3-16-6-4-5-7-19(16)25-21(27)13-23-20(26)12-18-14-28-22(24-18)17-10-8-15(2)9-11-17/h4-11,14H,3,12-13H2,1-2H3,(H,23,26)(H,25,27). The van der Waals surface area contributed by atoms with Gasteiger partial charge in [-0.2, -0.15) is 0 Å². The van der Waals surface area contributed by atoms with Gasteiger partial charge in [0.05, 0.1) is 18.7 Å². The zero-order valence-corrected chi connectivity index (χ0v) is 16.8. The van der Waals surface area contributed by atoms with E-state index >= 15 is 0 Å². The molecule has 0 saturated heterocycles. The van der Waals surface area contributed by atoms with Crippen LogP contribution in [-0.2, 0) is 22.4 Å². The normalized spacial score (nSPS) is 10.5. The first-order valence-corrected chi connectivity index (χ1v) is 10.1. The van der Waals surface area contributed by atoms with Crippen molar-refractivity contribution in [2.45, 2.75) is 26.7 Å². The second-order valence-electron chi connectivity index (χ2n) is 6.52. The van der Waals surface area contributed by atoms with E-state index in [1.807, 2.05) is 67.8 Å². The van der Waals surface area contributed by atoms with Gasteiger partial charge in [-0.3, -0.25) is 9.59 Å². The van der Waals surface area contributed by atoms with E-state index in [-0.39, 0.29) is 24.8 Å². The van der Waals surface area contributed by atoms with Crippen LogP contribution in [0.25, 0.3) is 10.6 Å². The van der Waals surface area contributed by atoms with E-state index in [1.54, 1.807) is 0 Å². The Kier molecular flexibility index (Phi) is 6.55. The van der Waals surface area contributed by atoms with Gasteiger partial charge in [0.2, 0.25) is 11.8 Å². The number of benzene rings is 2. The lowest BCUT2D eigenvalue weighted by molar-refractivity contribution is -0.123. The minimum Gasteiger partial charge on any atom is -0.347 e. The Labute approximate surface area is 168 Å². The molecule has 2 aromatic carbocycles. The van der Waals surface area contributed by atoms with Gasteiger partial charge in [-0.25, -0.2) is 4.98 Å². The molecule has 2 amide bonds. The van der Waals surface area contributed by atoms with Gasteiger partial charge in [-0.15, -0.1) is 11.3 Å². The quantitative estimate of drug-likeness (QED) is 0.638. The van der Waals surface area contributed by atoms with Crippen LogP contribution >= 0.6 is 11.3 Å². The Balaban J connectivity index is 1.50. The monoisotopic (exact) mass is 393 g/mol. The van der Waals surface area contributed by atoms with Crippen LogP contribution in [0, 0.1) is 6.92 Å². The summed E-state index contributed by atoms with van der Waals surface area (Å²) in [6.45, 7) is 4.01. The lowest BCUT2D eigenvalue weighted by Gasteiger charge is -2.10. The highest BCUT2D eigenvalue weighted by Crippen LogP contribution is 2.24. The van der Waals surface area contributed by atoms with Crippen LogP contribution in [0.1, 0.15) is 23.7 Å². The van der Waals surface area contributed by atoms with Gasteiger partial charge in [0.25, 0.3) is 0 Å². The molecule has 1 aromatic heterocycles. The first kappa shape index (κ1) is 19.8. The van der Waals surface area contributed by atoms with Crippen LogP contribution in [0.15, 0.2) is 53.9 Å². The molecule has 28 heavy (non-hydrogen) atoms. The molecule has 0 bridgehead atoms. The van der Waals surface area contributed by atoms with E-state index in [2.05, 4.69) is 15.6 Å². The molecule has 6 heteroatoms. The van der Waals surface area contributed by atoms with E-state index in [1.165, 1.54) is 16.9 Å². The van der Waals surface area contributed by atoms with E-state index < -0.39 is 0 Å². The Bertz CT molecular complexity index is 964. The molecule has 0 saturated carbocycles. The minimum absolute atomic E-state index is 0.0637. The molecule has 5 nitrogen and oxygen atoms in total. The number of hydrogen-bond donors (Lipinski definition) is 2. The van der Waals surface area contributed by atoms with E-state index in [9.17, 15) is 9.59 Å². The summed E-state index contributed by atoms with van der Waals surface area (Å²) in [5, 5.41) is 8.27. The number of rotatable bonds is 7. The van der Waals surface area contributed by atoms with Gasteiger partial charge in [-0.1, -0.05) is 55.0 Å². The van der Waals surface area contributed by atoms with Crippen molar-refractivity contribution in [3.63, 3.8) is 0 Å². The molecular weight excluding hydrogens is 370 g/mol. The van der Waals surface area contributed by atoms with Gasteiger partial charge in [0, 0.05) is 16.6 Å². The number of hydrogen-bond acceptors (Lipinski definition) is 4. The molecule has 3 aromatic rings. The second-order valence-corrected chi connectivity index (χ2v) is 7.38. The van der Waals surface area contributed by atoms with Crippen molar-refractivity contribution in [1.29, 1.82) is 0 Å². The SMILES string of the molecule is CCc1ccccc1NC(=O)CNC(=O)Cc1csc(-c2ccc(C)cc2)n1. The third-order valence-corrected chi connectivity index (χ3v) is 5.25. The summed E-state index contributed by atoms with van der Waals surface area (Å²) >= 11 is 1.51. The van der Waals surface area contributed by atoms with Crippen LogP contribution in [0.4, 0.5) is 5.69 Å². The summed E-state index contributed by atoms with van der Waals surface area (Å²) in [7, 11) is 0. The summed E-state index contributed by atoms with van der Waals surface area (Å²) in [4.78, 5) is 28.8. The average molecular weight is 394 g/mol. The maximum atomic E-state index is 12.2. The Morgan fingerprint density at radius 2 is 1.79 bits per heavy atom. The number of anilines is 1. The summed E-state index contributed by atoms with van der Waals surface area (Å²) in [6.07, 6.45) is 0.983.